The van der Waals surface area contributed by atoms with Gasteiger partial charge in [-0.05, 0) is 59.1 Å². The number of aromatic amines is 1. The van der Waals surface area contributed by atoms with E-state index in [0.717, 1.165) is 75.0 Å². The van der Waals surface area contributed by atoms with Crippen LogP contribution < -0.4 is 10.2 Å². The minimum atomic E-state index is -1.37. The van der Waals surface area contributed by atoms with Crippen LogP contribution in [0.3, 0.4) is 0 Å². The third-order valence-electron chi connectivity index (χ3n) is 8.19. The van der Waals surface area contributed by atoms with Crippen molar-refractivity contribution in [3.8, 4) is 11.4 Å². The molecule has 3 fully saturated rings. The number of aromatic nitrogens is 4. The summed E-state index contributed by atoms with van der Waals surface area (Å²) in [6, 6.07) is 1.91. The number of nitrogens with zero attached hydrogens (tertiary/aromatic N) is 6. The van der Waals surface area contributed by atoms with Crippen LogP contribution in [-0.4, -0.2) is 86.6 Å². The molecule has 41 heavy (non-hydrogen) atoms. The number of hydrogen-bond donors (Lipinski definition) is 2. The normalized spacial score (nSPS) is 18.4. The van der Waals surface area contributed by atoms with E-state index < -0.39 is 5.67 Å². The molecule has 226 valence electrons. The molecule has 1 saturated carbocycles. The molecule has 1 aliphatic carbocycles. The summed E-state index contributed by atoms with van der Waals surface area (Å²) in [5, 5.41) is 11.3. The van der Waals surface area contributed by atoms with Crippen molar-refractivity contribution in [2.75, 3.05) is 50.0 Å². The van der Waals surface area contributed by atoms with E-state index in [4.69, 9.17) is 4.98 Å². The highest BCUT2D eigenvalue weighted by Crippen LogP contribution is 2.48. The van der Waals surface area contributed by atoms with E-state index in [1.54, 1.807) is 20.0 Å². The Morgan fingerprint density at radius 2 is 1.76 bits per heavy atom. The Morgan fingerprint density at radius 3 is 2.41 bits per heavy atom. The summed E-state index contributed by atoms with van der Waals surface area (Å²) in [5.74, 6) is 0. The summed E-state index contributed by atoms with van der Waals surface area (Å²) < 4.78 is 16.8. The molecular formula is C31H49FN8O. The first kappa shape index (κ1) is 30.8. The summed E-state index contributed by atoms with van der Waals surface area (Å²) in [6.07, 6.45) is 11.1. The summed E-state index contributed by atoms with van der Waals surface area (Å²) in [6.45, 7) is 16.1. The minimum absolute atomic E-state index is 0.0586. The zero-order valence-electron chi connectivity index (χ0n) is 26.1. The Kier molecular flexibility index (Phi) is 9.62. The van der Waals surface area contributed by atoms with Crippen LogP contribution in [0.5, 0.6) is 0 Å². The molecular weight excluding hydrogens is 519 g/mol. The molecule has 1 spiro atoms. The van der Waals surface area contributed by atoms with Gasteiger partial charge in [-0.15, -0.1) is 0 Å². The van der Waals surface area contributed by atoms with Gasteiger partial charge >= 0.3 is 6.03 Å². The molecule has 3 aromatic heterocycles. The van der Waals surface area contributed by atoms with Gasteiger partial charge < -0.3 is 24.6 Å². The van der Waals surface area contributed by atoms with Crippen LogP contribution in [0.1, 0.15) is 73.6 Å². The summed E-state index contributed by atoms with van der Waals surface area (Å²) in [4.78, 5) is 24.7. The number of rotatable bonds is 5. The number of hydrogen-bond acceptors (Lipinski definition) is 5. The lowest BCUT2D eigenvalue weighted by Gasteiger charge is -2.36. The number of carbonyl (C=O) groups excluding carboxylic acids is 1. The number of nitrogens with one attached hydrogen (secondary N) is 2. The van der Waals surface area contributed by atoms with Gasteiger partial charge in [0.1, 0.15) is 11.4 Å². The van der Waals surface area contributed by atoms with Crippen molar-refractivity contribution in [2.24, 2.45) is 0 Å². The fourth-order valence-corrected chi connectivity index (χ4v) is 5.97. The Bertz CT molecular complexity index is 1300. The maximum Gasteiger partial charge on any atom is 0.322 e. The quantitative estimate of drug-likeness (QED) is 0.366. The van der Waals surface area contributed by atoms with Crippen molar-refractivity contribution in [1.82, 2.24) is 29.5 Å². The number of H-pyrrole nitrogens is 1. The molecule has 0 bridgehead atoms. The number of urea groups is 1. The molecule has 0 radical (unpaired) electrons. The first-order valence-corrected chi connectivity index (χ1v) is 15.5. The molecule has 2 amide bonds. The highest BCUT2D eigenvalue weighted by atomic mass is 19.1. The van der Waals surface area contributed by atoms with Gasteiger partial charge in [0.25, 0.3) is 0 Å². The molecule has 3 aromatic rings. The average molecular weight is 569 g/mol. The number of likely N-dealkylation sites (N-methyl/N-ethyl adjacent to an activating group) is 1. The predicted molar refractivity (Wildman–Crippen MR) is 166 cm³/mol. The van der Waals surface area contributed by atoms with Crippen molar-refractivity contribution in [3.63, 3.8) is 0 Å². The van der Waals surface area contributed by atoms with E-state index in [0.29, 0.717) is 17.1 Å². The molecule has 6 rings (SSSR count). The maximum atomic E-state index is 14.8. The SMILES string of the molecule is CC.CC.CN1CCN(c2cn(CC(C)(C)F)c3cc(-c4[nH]ncc4NC(=O)N4CCCCC45CC5)ncc23)CC1. The first-order chi connectivity index (χ1) is 19.7. The van der Waals surface area contributed by atoms with E-state index in [9.17, 15) is 9.18 Å². The van der Waals surface area contributed by atoms with Crippen LogP contribution in [0.15, 0.2) is 24.7 Å². The predicted octanol–water partition coefficient (Wildman–Crippen LogP) is 6.53. The minimum Gasteiger partial charge on any atom is -0.367 e. The zero-order valence-corrected chi connectivity index (χ0v) is 26.1. The molecule has 9 nitrogen and oxygen atoms in total. The van der Waals surface area contributed by atoms with Gasteiger partial charge in [0.05, 0.1) is 35.3 Å². The van der Waals surface area contributed by atoms with Crippen LogP contribution in [0.4, 0.5) is 20.6 Å². The van der Waals surface area contributed by atoms with Crippen LogP contribution in [0.2, 0.25) is 0 Å². The number of halogens is 1. The van der Waals surface area contributed by atoms with Crippen LogP contribution in [-0.2, 0) is 6.54 Å². The molecule has 0 atom stereocenters. The molecule has 2 N–H and O–H groups in total. The molecule has 0 unspecified atom stereocenters. The van der Waals surface area contributed by atoms with Gasteiger partial charge in [0.15, 0.2) is 0 Å². The van der Waals surface area contributed by atoms with Gasteiger partial charge in [-0.1, -0.05) is 27.7 Å². The van der Waals surface area contributed by atoms with Crippen molar-refractivity contribution < 1.29 is 9.18 Å². The lowest BCUT2D eigenvalue weighted by atomic mass is 10.0. The second-order valence-corrected chi connectivity index (χ2v) is 11.7. The Morgan fingerprint density at radius 1 is 1.05 bits per heavy atom. The second kappa shape index (κ2) is 12.8. The lowest BCUT2D eigenvalue weighted by Crippen LogP contribution is -2.47. The van der Waals surface area contributed by atoms with E-state index in [1.165, 1.54) is 6.42 Å². The van der Waals surface area contributed by atoms with Crippen molar-refractivity contribution in [3.05, 3.63) is 24.7 Å². The van der Waals surface area contributed by atoms with Crippen LogP contribution >= 0.6 is 0 Å². The number of piperidine rings is 1. The Labute approximate surface area is 244 Å². The Balaban J connectivity index is 0.000000929. The summed E-state index contributed by atoms with van der Waals surface area (Å²) in [7, 11) is 2.14. The highest BCUT2D eigenvalue weighted by molar-refractivity contribution is 5.97. The van der Waals surface area contributed by atoms with Gasteiger partial charge in [0, 0.05) is 56.0 Å². The maximum absolute atomic E-state index is 14.8. The summed E-state index contributed by atoms with van der Waals surface area (Å²) >= 11 is 0. The van der Waals surface area contributed by atoms with Crippen LogP contribution in [0.25, 0.3) is 22.3 Å². The van der Waals surface area contributed by atoms with Gasteiger partial charge in [0.2, 0.25) is 0 Å². The van der Waals surface area contributed by atoms with E-state index in [2.05, 4.69) is 38.6 Å². The van der Waals surface area contributed by atoms with E-state index in [1.807, 2.05) is 49.4 Å². The van der Waals surface area contributed by atoms with Crippen molar-refractivity contribution in [1.29, 1.82) is 0 Å². The summed E-state index contributed by atoms with van der Waals surface area (Å²) in [5.41, 5.74) is 2.64. The molecule has 2 saturated heterocycles. The second-order valence-electron chi connectivity index (χ2n) is 11.7. The number of carbonyl (C=O) groups is 1. The van der Waals surface area contributed by atoms with E-state index in [-0.39, 0.29) is 18.1 Å². The third-order valence-corrected chi connectivity index (χ3v) is 8.19. The highest BCUT2D eigenvalue weighted by Gasteiger charge is 2.51. The standard InChI is InChI=1S/C27H37FN8O.2C2H6/c1-26(2,28)18-35-17-23(34-12-10-33(3)11-13-34)19-15-29-20(14-22(19)35)24-21(16-30-32-24)31-25(37)36-9-5-4-6-27(36)7-8-27;2*1-2/h14-17H,4-13,18H2,1-3H3,(H,30,32)(H,31,37);2*1-2H3. The van der Waals surface area contributed by atoms with Gasteiger partial charge in [-0.25, -0.2) is 9.18 Å². The topological polar surface area (TPSA) is 85.3 Å². The first-order valence-electron chi connectivity index (χ1n) is 15.5. The van der Waals surface area contributed by atoms with Crippen molar-refractivity contribution >= 4 is 28.3 Å². The van der Waals surface area contributed by atoms with E-state index >= 15 is 0 Å². The smallest absolute Gasteiger partial charge is 0.322 e. The number of fused-ring (bicyclic) bond motifs is 1. The number of piperazine rings is 1. The fourth-order valence-electron chi connectivity index (χ4n) is 5.97. The van der Waals surface area contributed by atoms with Crippen LogP contribution in [0, 0.1) is 0 Å². The molecule has 3 aliphatic rings. The Hall–Kier alpha value is -3.14. The van der Waals surface area contributed by atoms with Gasteiger partial charge in [-0.3, -0.25) is 10.1 Å². The largest absolute Gasteiger partial charge is 0.367 e. The number of anilines is 2. The monoisotopic (exact) mass is 568 g/mol. The van der Waals surface area contributed by atoms with Crippen molar-refractivity contribution in [2.45, 2.75) is 91.4 Å². The average Bonchev–Trinajstić information content (AvgIpc) is 3.42. The van der Waals surface area contributed by atoms with Gasteiger partial charge in [-0.2, -0.15) is 5.10 Å². The lowest BCUT2D eigenvalue weighted by molar-refractivity contribution is 0.151. The molecule has 2 aliphatic heterocycles. The number of amides is 2. The molecule has 5 heterocycles. The fraction of sp³-hybridized carbons (Fsp3) is 0.645. The number of pyridine rings is 1. The third kappa shape index (κ3) is 6.68. The molecule has 10 heteroatoms. The zero-order chi connectivity index (χ0) is 29.8. The molecule has 0 aromatic carbocycles. The number of alkyl halides is 1. The number of likely N-dealkylation sites (tertiary alicyclic amines) is 1.